The molecule has 2 aromatic rings. The molecule has 1 aromatic heterocycles. The van der Waals surface area contributed by atoms with Crippen molar-refractivity contribution in [2.24, 2.45) is 5.16 Å². The Bertz CT molecular complexity index is 541. The molecule has 0 saturated heterocycles. The van der Waals surface area contributed by atoms with E-state index in [1.54, 1.807) is 6.20 Å². The molecule has 0 aliphatic heterocycles. The lowest BCUT2D eigenvalue weighted by Gasteiger charge is -2.06. The Hall–Kier alpha value is -2.07. The minimum Gasteiger partial charge on any atom is -0.487 e. The molecule has 4 nitrogen and oxygen atoms in total. The van der Waals surface area contributed by atoms with Crippen molar-refractivity contribution >= 4 is 16.8 Å². The molecule has 0 bridgehead atoms. The summed E-state index contributed by atoms with van der Waals surface area (Å²) in [5, 5.41) is 11.6. The van der Waals surface area contributed by atoms with Crippen molar-refractivity contribution in [3.05, 3.63) is 59.9 Å². The summed E-state index contributed by atoms with van der Waals surface area (Å²) >= 11 is 5.64. The van der Waals surface area contributed by atoms with Crippen molar-refractivity contribution in [2.45, 2.75) is 13.0 Å². The minimum atomic E-state index is 0.155. The van der Waals surface area contributed by atoms with Crippen molar-refractivity contribution in [1.82, 2.24) is 4.98 Å². The van der Waals surface area contributed by atoms with E-state index in [1.165, 1.54) is 0 Å². The SMILES string of the molecule is O/N=C(\Cl)Cc1ccc(OCc2ccccn2)cc1. The zero-order valence-corrected chi connectivity index (χ0v) is 10.9. The summed E-state index contributed by atoms with van der Waals surface area (Å²) in [6.07, 6.45) is 2.14. The maximum absolute atomic E-state index is 8.49. The van der Waals surface area contributed by atoms with Gasteiger partial charge in [-0.15, -0.1) is 0 Å². The molecule has 0 spiro atoms. The normalized spacial score (nSPS) is 11.3. The van der Waals surface area contributed by atoms with Gasteiger partial charge in [-0.1, -0.05) is 35.0 Å². The molecule has 1 N–H and O–H groups in total. The van der Waals surface area contributed by atoms with Gasteiger partial charge in [0.25, 0.3) is 0 Å². The summed E-state index contributed by atoms with van der Waals surface area (Å²) in [5.74, 6) is 0.756. The summed E-state index contributed by atoms with van der Waals surface area (Å²) in [5.41, 5.74) is 1.83. The molecule has 98 valence electrons. The quantitative estimate of drug-likeness (QED) is 0.518. The van der Waals surface area contributed by atoms with Crippen molar-refractivity contribution < 1.29 is 9.94 Å². The van der Waals surface area contributed by atoms with Crippen LogP contribution in [0.2, 0.25) is 0 Å². The number of benzene rings is 1. The lowest BCUT2D eigenvalue weighted by molar-refractivity contribution is 0.301. The van der Waals surface area contributed by atoms with Crippen LogP contribution in [-0.2, 0) is 13.0 Å². The van der Waals surface area contributed by atoms with Gasteiger partial charge in [-0.2, -0.15) is 0 Å². The highest BCUT2D eigenvalue weighted by Gasteiger charge is 2.00. The third-order valence-electron chi connectivity index (χ3n) is 2.49. The van der Waals surface area contributed by atoms with Crippen LogP contribution < -0.4 is 4.74 Å². The summed E-state index contributed by atoms with van der Waals surface area (Å²) in [4.78, 5) is 4.18. The largest absolute Gasteiger partial charge is 0.487 e. The van der Waals surface area contributed by atoms with Crippen LogP contribution in [0.25, 0.3) is 0 Å². The number of pyridine rings is 1. The highest BCUT2D eigenvalue weighted by atomic mass is 35.5. The van der Waals surface area contributed by atoms with E-state index in [-0.39, 0.29) is 5.17 Å². The van der Waals surface area contributed by atoms with E-state index in [0.29, 0.717) is 13.0 Å². The van der Waals surface area contributed by atoms with Gasteiger partial charge in [0.15, 0.2) is 0 Å². The van der Waals surface area contributed by atoms with E-state index >= 15 is 0 Å². The fourth-order valence-corrected chi connectivity index (χ4v) is 1.70. The number of rotatable bonds is 5. The Labute approximate surface area is 116 Å². The predicted octanol–water partition coefficient (Wildman–Crippen LogP) is 3.23. The molecule has 0 saturated carbocycles. The van der Waals surface area contributed by atoms with E-state index in [0.717, 1.165) is 17.0 Å². The van der Waals surface area contributed by atoms with Crippen LogP contribution in [0.3, 0.4) is 0 Å². The standard InChI is InChI=1S/C14H13ClN2O2/c15-14(17-18)9-11-4-6-13(7-5-11)19-10-12-3-1-2-8-16-12/h1-8,18H,9-10H2/b17-14-. The number of halogens is 1. The molecule has 0 atom stereocenters. The predicted molar refractivity (Wildman–Crippen MR) is 73.8 cm³/mol. The Kier molecular flexibility index (Phi) is 4.75. The Balaban J connectivity index is 1.92. The Morgan fingerprint density at radius 1 is 1.21 bits per heavy atom. The fraction of sp³-hybridized carbons (Fsp3) is 0.143. The van der Waals surface area contributed by atoms with Gasteiger partial charge in [0.1, 0.15) is 17.5 Å². The minimum absolute atomic E-state index is 0.155. The number of oxime groups is 1. The zero-order valence-electron chi connectivity index (χ0n) is 10.2. The van der Waals surface area contributed by atoms with E-state index in [1.807, 2.05) is 42.5 Å². The van der Waals surface area contributed by atoms with E-state index < -0.39 is 0 Å². The topological polar surface area (TPSA) is 54.7 Å². The van der Waals surface area contributed by atoms with Crippen molar-refractivity contribution in [1.29, 1.82) is 0 Å². The van der Waals surface area contributed by atoms with Gasteiger partial charge >= 0.3 is 0 Å². The fourth-order valence-electron chi connectivity index (χ4n) is 1.55. The molecule has 0 aliphatic rings. The average Bonchev–Trinajstić information content (AvgIpc) is 2.47. The third-order valence-corrected chi connectivity index (χ3v) is 2.70. The van der Waals surface area contributed by atoms with Crippen molar-refractivity contribution in [3.8, 4) is 5.75 Å². The third kappa shape index (κ3) is 4.26. The number of hydrogen-bond acceptors (Lipinski definition) is 4. The zero-order chi connectivity index (χ0) is 13.5. The number of aromatic nitrogens is 1. The van der Waals surface area contributed by atoms with Gasteiger partial charge in [0.2, 0.25) is 0 Å². The van der Waals surface area contributed by atoms with Gasteiger partial charge < -0.3 is 9.94 Å². The van der Waals surface area contributed by atoms with Crippen molar-refractivity contribution in [2.75, 3.05) is 0 Å². The second-order valence-corrected chi connectivity index (χ2v) is 4.34. The van der Waals surface area contributed by atoms with Gasteiger partial charge in [0, 0.05) is 12.6 Å². The van der Waals surface area contributed by atoms with Gasteiger partial charge in [-0.3, -0.25) is 4.98 Å². The number of ether oxygens (including phenoxy) is 1. The highest BCUT2D eigenvalue weighted by molar-refractivity contribution is 6.65. The van der Waals surface area contributed by atoms with Crippen LogP contribution in [0.15, 0.2) is 53.8 Å². The first-order chi connectivity index (χ1) is 9.28. The van der Waals surface area contributed by atoms with Crippen molar-refractivity contribution in [3.63, 3.8) is 0 Å². The van der Waals surface area contributed by atoms with Crippen LogP contribution in [0, 0.1) is 0 Å². The maximum Gasteiger partial charge on any atom is 0.149 e. The summed E-state index contributed by atoms with van der Waals surface area (Å²) in [6, 6.07) is 13.1. The van der Waals surface area contributed by atoms with E-state index in [4.69, 9.17) is 21.5 Å². The Morgan fingerprint density at radius 3 is 2.63 bits per heavy atom. The summed E-state index contributed by atoms with van der Waals surface area (Å²) < 4.78 is 5.60. The van der Waals surface area contributed by atoms with Crippen LogP contribution in [0.1, 0.15) is 11.3 Å². The Morgan fingerprint density at radius 2 is 2.00 bits per heavy atom. The molecule has 19 heavy (non-hydrogen) atoms. The van der Waals surface area contributed by atoms with Gasteiger partial charge in [-0.05, 0) is 29.8 Å². The summed E-state index contributed by atoms with van der Waals surface area (Å²) in [7, 11) is 0. The summed E-state index contributed by atoms with van der Waals surface area (Å²) in [6.45, 7) is 0.430. The smallest absolute Gasteiger partial charge is 0.149 e. The molecular weight excluding hydrogens is 264 g/mol. The number of hydrogen-bond donors (Lipinski definition) is 1. The van der Waals surface area contributed by atoms with E-state index in [2.05, 4.69) is 10.1 Å². The highest BCUT2D eigenvalue weighted by Crippen LogP contribution is 2.14. The van der Waals surface area contributed by atoms with Gasteiger partial charge in [-0.25, -0.2) is 0 Å². The molecule has 5 heteroatoms. The van der Waals surface area contributed by atoms with Crippen LogP contribution in [0.5, 0.6) is 5.75 Å². The molecule has 1 aromatic carbocycles. The molecule has 1 heterocycles. The first-order valence-corrected chi connectivity index (χ1v) is 6.14. The first kappa shape index (κ1) is 13.4. The van der Waals surface area contributed by atoms with Crippen LogP contribution in [0.4, 0.5) is 0 Å². The number of nitrogens with zero attached hydrogens (tertiary/aromatic N) is 2. The monoisotopic (exact) mass is 276 g/mol. The lowest BCUT2D eigenvalue weighted by atomic mass is 10.1. The molecule has 2 rings (SSSR count). The molecule has 0 unspecified atom stereocenters. The van der Waals surface area contributed by atoms with Crippen LogP contribution >= 0.6 is 11.6 Å². The van der Waals surface area contributed by atoms with Crippen LogP contribution in [-0.4, -0.2) is 15.4 Å². The molecule has 0 fully saturated rings. The average molecular weight is 277 g/mol. The lowest BCUT2D eigenvalue weighted by Crippen LogP contribution is -1.98. The molecule has 0 radical (unpaired) electrons. The molecular formula is C14H13ClN2O2. The second-order valence-electron chi connectivity index (χ2n) is 3.91. The molecule has 0 aliphatic carbocycles. The van der Waals surface area contributed by atoms with E-state index in [9.17, 15) is 0 Å². The van der Waals surface area contributed by atoms with Gasteiger partial charge in [0.05, 0.1) is 5.69 Å². The molecule has 0 amide bonds. The second kappa shape index (κ2) is 6.75. The maximum atomic E-state index is 8.49. The first-order valence-electron chi connectivity index (χ1n) is 5.76.